The van der Waals surface area contributed by atoms with Gasteiger partial charge in [-0.05, 0) is 58.2 Å². The number of ether oxygens (including phenoxy) is 1. The third-order valence-corrected chi connectivity index (χ3v) is 3.28. The molecule has 2 nitrogen and oxygen atoms in total. The second-order valence-corrected chi connectivity index (χ2v) is 5.57. The molecular weight excluding hydrogens is 234 g/mol. The number of benzene rings is 1. The molecule has 0 bridgehead atoms. The van der Waals surface area contributed by atoms with Gasteiger partial charge < -0.3 is 10.1 Å². The zero-order valence-corrected chi connectivity index (χ0v) is 12.3. The fraction of sp³-hybridized carbons (Fsp3) is 0.529. The molecule has 2 rings (SSSR count). The van der Waals surface area contributed by atoms with Gasteiger partial charge in [0.2, 0.25) is 0 Å². The van der Waals surface area contributed by atoms with Gasteiger partial charge in [0.05, 0.1) is 6.10 Å². The molecule has 0 aromatic heterocycles. The molecule has 2 heteroatoms. The number of hydrogen-bond donors (Lipinski definition) is 1. The van der Waals surface area contributed by atoms with Crippen LogP contribution in [0.4, 0.5) is 0 Å². The van der Waals surface area contributed by atoms with E-state index in [4.69, 9.17) is 4.74 Å². The molecule has 0 heterocycles. The van der Waals surface area contributed by atoms with Gasteiger partial charge >= 0.3 is 0 Å². The summed E-state index contributed by atoms with van der Waals surface area (Å²) >= 11 is 0. The number of nitrogens with one attached hydrogen (secondary N) is 1. The number of hydrogen-bond acceptors (Lipinski definition) is 2. The lowest BCUT2D eigenvalue weighted by Gasteiger charge is -2.14. The van der Waals surface area contributed by atoms with Crippen LogP contribution in [0.15, 0.2) is 30.3 Å². The maximum Gasteiger partial charge on any atom is 0.127 e. The van der Waals surface area contributed by atoms with Gasteiger partial charge in [-0.2, -0.15) is 0 Å². The Hall–Kier alpha value is -1.28. The second kappa shape index (κ2) is 6.76. The van der Waals surface area contributed by atoms with E-state index in [9.17, 15) is 0 Å². The Morgan fingerprint density at radius 1 is 1.37 bits per heavy atom. The Balaban J connectivity index is 1.95. The first-order chi connectivity index (χ1) is 9.16. The molecule has 0 amide bonds. The van der Waals surface area contributed by atoms with Gasteiger partial charge in [0, 0.05) is 11.6 Å². The van der Waals surface area contributed by atoms with E-state index in [0.717, 1.165) is 24.8 Å². The molecule has 1 saturated carbocycles. The lowest BCUT2D eigenvalue weighted by Crippen LogP contribution is -2.16. The van der Waals surface area contributed by atoms with Crippen LogP contribution in [0.2, 0.25) is 0 Å². The summed E-state index contributed by atoms with van der Waals surface area (Å²) in [5.74, 6) is 0.987. The van der Waals surface area contributed by atoms with Gasteiger partial charge in [-0.15, -0.1) is 0 Å². The fourth-order valence-electron chi connectivity index (χ4n) is 2.12. The van der Waals surface area contributed by atoms with Gasteiger partial charge in [0.25, 0.3) is 0 Å². The monoisotopic (exact) mass is 259 g/mol. The van der Waals surface area contributed by atoms with Crippen molar-refractivity contribution in [3.8, 4) is 5.75 Å². The molecule has 104 valence electrons. The van der Waals surface area contributed by atoms with Crippen molar-refractivity contribution in [3.63, 3.8) is 0 Å². The summed E-state index contributed by atoms with van der Waals surface area (Å²) in [6, 6.07) is 9.09. The van der Waals surface area contributed by atoms with Gasteiger partial charge in [-0.3, -0.25) is 0 Å². The van der Waals surface area contributed by atoms with Crippen LogP contribution in [-0.4, -0.2) is 18.7 Å². The average Bonchev–Trinajstić information content (AvgIpc) is 3.18. The quantitative estimate of drug-likeness (QED) is 0.747. The molecule has 1 aromatic rings. The van der Waals surface area contributed by atoms with Gasteiger partial charge in [-0.1, -0.05) is 24.3 Å². The van der Waals surface area contributed by atoms with Crippen LogP contribution < -0.4 is 10.1 Å². The summed E-state index contributed by atoms with van der Waals surface area (Å²) < 4.78 is 5.86. The lowest BCUT2D eigenvalue weighted by atomic mass is 10.1. The largest absolute Gasteiger partial charge is 0.490 e. The van der Waals surface area contributed by atoms with Crippen LogP contribution in [0.5, 0.6) is 5.75 Å². The molecule has 1 aromatic carbocycles. The summed E-state index contributed by atoms with van der Waals surface area (Å²) in [7, 11) is 0. The zero-order valence-electron chi connectivity index (χ0n) is 12.3. The normalized spacial score (nSPS) is 15.9. The van der Waals surface area contributed by atoms with E-state index in [1.165, 1.54) is 24.0 Å². The highest BCUT2D eigenvalue weighted by atomic mass is 16.5. The standard InChI is InChI=1S/C17H25NO/c1-13(2)19-17-9-5-4-8-16(17)14(3)7-6-12-18-15-10-11-15/h4-5,7-9,13,15,18H,6,10-12H2,1-3H3. The molecule has 1 aliphatic carbocycles. The van der Waals surface area contributed by atoms with Crippen molar-refractivity contribution < 1.29 is 4.74 Å². The highest BCUT2D eigenvalue weighted by Gasteiger charge is 2.19. The predicted molar refractivity (Wildman–Crippen MR) is 81.5 cm³/mol. The van der Waals surface area contributed by atoms with Crippen LogP contribution in [-0.2, 0) is 0 Å². The van der Waals surface area contributed by atoms with Crippen molar-refractivity contribution in [2.24, 2.45) is 0 Å². The minimum atomic E-state index is 0.213. The van der Waals surface area contributed by atoms with Gasteiger partial charge in [-0.25, -0.2) is 0 Å². The van der Waals surface area contributed by atoms with E-state index in [2.05, 4.69) is 50.4 Å². The molecule has 0 radical (unpaired) electrons. The molecular formula is C17H25NO. The summed E-state index contributed by atoms with van der Waals surface area (Å²) in [5, 5.41) is 3.53. The molecule has 1 fully saturated rings. The van der Waals surface area contributed by atoms with E-state index in [1.54, 1.807) is 0 Å². The maximum atomic E-state index is 5.86. The van der Waals surface area contributed by atoms with E-state index >= 15 is 0 Å². The van der Waals surface area contributed by atoms with Crippen molar-refractivity contribution in [1.29, 1.82) is 0 Å². The highest BCUT2D eigenvalue weighted by molar-refractivity contribution is 5.68. The molecule has 0 unspecified atom stereocenters. The van der Waals surface area contributed by atoms with Crippen LogP contribution in [0.1, 0.15) is 45.6 Å². The SMILES string of the molecule is CC(=CCCNC1CC1)c1ccccc1OC(C)C. The lowest BCUT2D eigenvalue weighted by molar-refractivity contribution is 0.242. The van der Waals surface area contributed by atoms with E-state index in [0.29, 0.717) is 0 Å². The van der Waals surface area contributed by atoms with Crippen molar-refractivity contribution in [1.82, 2.24) is 5.32 Å². The topological polar surface area (TPSA) is 21.3 Å². The Labute approximate surface area is 116 Å². The van der Waals surface area contributed by atoms with Crippen LogP contribution in [0, 0.1) is 0 Å². The first-order valence-corrected chi connectivity index (χ1v) is 7.33. The highest BCUT2D eigenvalue weighted by Crippen LogP contribution is 2.26. The van der Waals surface area contributed by atoms with Crippen LogP contribution in [0.3, 0.4) is 0 Å². The van der Waals surface area contributed by atoms with E-state index < -0.39 is 0 Å². The van der Waals surface area contributed by atoms with E-state index in [-0.39, 0.29) is 6.10 Å². The third kappa shape index (κ3) is 4.71. The van der Waals surface area contributed by atoms with Crippen molar-refractivity contribution in [3.05, 3.63) is 35.9 Å². The van der Waals surface area contributed by atoms with Crippen molar-refractivity contribution in [2.45, 2.75) is 52.2 Å². The second-order valence-electron chi connectivity index (χ2n) is 5.57. The molecule has 0 spiro atoms. The predicted octanol–water partition coefficient (Wildman–Crippen LogP) is 4.02. The molecule has 0 aliphatic heterocycles. The molecule has 1 aliphatic rings. The molecule has 0 saturated heterocycles. The van der Waals surface area contributed by atoms with Crippen molar-refractivity contribution in [2.75, 3.05) is 6.54 Å². The third-order valence-electron chi connectivity index (χ3n) is 3.28. The minimum Gasteiger partial charge on any atom is -0.490 e. The van der Waals surface area contributed by atoms with E-state index in [1.807, 2.05) is 6.07 Å². The fourth-order valence-corrected chi connectivity index (χ4v) is 2.12. The smallest absolute Gasteiger partial charge is 0.127 e. The minimum absolute atomic E-state index is 0.213. The Morgan fingerprint density at radius 3 is 2.79 bits per heavy atom. The molecule has 0 atom stereocenters. The van der Waals surface area contributed by atoms with Crippen LogP contribution >= 0.6 is 0 Å². The van der Waals surface area contributed by atoms with Crippen molar-refractivity contribution >= 4 is 5.57 Å². The summed E-state index contributed by atoms with van der Waals surface area (Å²) in [6.45, 7) is 7.37. The average molecular weight is 259 g/mol. The molecule has 1 N–H and O–H groups in total. The Kier molecular flexibility index (Phi) is 5.03. The van der Waals surface area contributed by atoms with Gasteiger partial charge in [0.1, 0.15) is 5.75 Å². The summed E-state index contributed by atoms with van der Waals surface area (Å²) in [4.78, 5) is 0. The Bertz CT molecular complexity index is 433. The van der Waals surface area contributed by atoms with Gasteiger partial charge in [0.15, 0.2) is 0 Å². The summed E-state index contributed by atoms with van der Waals surface area (Å²) in [5.41, 5.74) is 2.51. The van der Waals surface area contributed by atoms with Crippen LogP contribution in [0.25, 0.3) is 5.57 Å². The Morgan fingerprint density at radius 2 is 2.11 bits per heavy atom. The number of allylic oxidation sites excluding steroid dienone is 1. The number of para-hydroxylation sites is 1. The molecule has 19 heavy (non-hydrogen) atoms. The number of rotatable bonds is 7. The first kappa shape index (κ1) is 14.1. The summed E-state index contributed by atoms with van der Waals surface area (Å²) in [6.07, 6.45) is 6.31. The maximum absolute atomic E-state index is 5.86. The zero-order chi connectivity index (χ0) is 13.7. The first-order valence-electron chi connectivity index (χ1n) is 7.33.